The first kappa shape index (κ1) is 12.6. The Morgan fingerprint density at radius 3 is 2.78 bits per heavy atom. The summed E-state index contributed by atoms with van der Waals surface area (Å²) in [7, 11) is 0.464. The number of hydrogen-bond donors (Lipinski definition) is 0. The predicted octanol–water partition coefficient (Wildman–Crippen LogP) is 2.15. The smallest absolute Gasteiger partial charge is 0.193 e. The number of benzene rings is 1. The van der Waals surface area contributed by atoms with Crippen LogP contribution >= 0.6 is 0 Å². The molecule has 18 heavy (non-hydrogen) atoms. The largest absolute Gasteiger partial charge is 0.497 e. The highest BCUT2D eigenvalue weighted by Crippen LogP contribution is 2.19. The van der Waals surface area contributed by atoms with Gasteiger partial charge in [-0.1, -0.05) is 0 Å². The van der Waals surface area contributed by atoms with Crippen molar-refractivity contribution in [2.45, 2.75) is 0 Å². The van der Waals surface area contributed by atoms with Crippen molar-refractivity contribution >= 4 is 27.8 Å². The van der Waals surface area contributed by atoms with Gasteiger partial charge in [0.15, 0.2) is 5.43 Å². The molecule has 1 atom stereocenters. The van der Waals surface area contributed by atoms with E-state index in [9.17, 15) is 9.00 Å². The zero-order chi connectivity index (χ0) is 13.1. The van der Waals surface area contributed by atoms with E-state index in [1.54, 1.807) is 24.5 Å². The molecule has 5 heteroatoms. The summed E-state index contributed by atoms with van der Waals surface area (Å²) in [4.78, 5) is 11.9. The van der Waals surface area contributed by atoms with E-state index in [2.05, 4.69) is 0 Å². The Labute approximate surface area is 106 Å². The van der Waals surface area contributed by atoms with Crippen LogP contribution in [-0.4, -0.2) is 17.6 Å². The molecule has 0 aliphatic carbocycles. The molecule has 0 saturated carbocycles. The zero-order valence-electron chi connectivity index (χ0n) is 10.0. The van der Waals surface area contributed by atoms with Gasteiger partial charge in [-0.05, 0) is 24.3 Å². The molecule has 0 fully saturated rings. The summed E-state index contributed by atoms with van der Waals surface area (Å²) < 4.78 is 21.5. The molecule has 0 aliphatic rings. The highest BCUT2D eigenvalue weighted by molar-refractivity contribution is 7.87. The van der Waals surface area contributed by atoms with Crippen molar-refractivity contribution in [3.05, 3.63) is 45.7 Å². The van der Waals surface area contributed by atoms with Gasteiger partial charge in [-0.3, -0.25) is 9.00 Å². The lowest BCUT2D eigenvalue weighted by Gasteiger charge is -2.02. The molecule has 1 heterocycles. The fourth-order valence-electron chi connectivity index (χ4n) is 1.53. The molecule has 0 amide bonds. The number of methoxy groups -OCH3 is 1. The topological polar surface area (TPSA) is 56.5 Å². The third-order valence-electron chi connectivity index (χ3n) is 2.38. The average molecular weight is 264 g/mol. The Kier molecular flexibility index (Phi) is 3.62. The number of fused-ring (bicyclic) bond motifs is 1. The summed E-state index contributed by atoms with van der Waals surface area (Å²) in [5.74, 6) is 0.987. The van der Waals surface area contributed by atoms with E-state index < -0.39 is 10.8 Å². The summed E-state index contributed by atoms with van der Waals surface area (Å²) in [6.45, 7) is 0. The van der Waals surface area contributed by atoms with Crippen LogP contribution in [0.1, 0.15) is 5.76 Å². The minimum Gasteiger partial charge on any atom is -0.497 e. The fraction of sp³-hybridized carbons (Fsp3) is 0.154. The summed E-state index contributed by atoms with van der Waals surface area (Å²) in [5.41, 5.74) is 0.321. The van der Waals surface area contributed by atoms with Crippen LogP contribution in [0.25, 0.3) is 17.0 Å². The monoisotopic (exact) mass is 264 g/mol. The van der Waals surface area contributed by atoms with Gasteiger partial charge in [0.25, 0.3) is 0 Å². The van der Waals surface area contributed by atoms with Gasteiger partial charge in [0.1, 0.15) is 17.1 Å². The average Bonchev–Trinajstić information content (AvgIpc) is 2.36. The normalized spacial score (nSPS) is 13.0. The van der Waals surface area contributed by atoms with Crippen LogP contribution in [0.3, 0.4) is 0 Å². The van der Waals surface area contributed by atoms with Gasteiger partial charge < -0.3 is 9.15 Å². The van der Waals surface area contributed by atoms with Gasteiger partial charge in [0.05, 0.1) is 12.5 Å². The first-order valence-corrected chi connectivity index (χ1v) is 6.84. The Hall–Kier alpha value is -1.88. The van der Waals surface area contributed by atoms with Crippen LogP contribution in [-0.2, 0) is 10.8 Å². The summed E-state index contributed by atoms with van der Waals surface area (Å²) >= 11 is 0. The van der Waals surface area contributed by atoms with Gasteiger partial charge in [-0.15, -0.1) is 0 Å². The second-order valence-electron chi connectivity index (χ2n) is 3.68. The van der Waals surface area contributed by atoms with Crippen LogP contribution in [0, 0.1) is 0 Å². The molecule has 1 aromatic carbocycles. The molecule has 0 spiro atoms. The number of hydrogen-bond acceptors (Lipinski definition) is 4. The van der Waals surface area contributed by atoms with Crippen LogP contribution in [0.15, 0.2) is 38.9 Å². The fourth-order valence-corrected chi connectivity index (χ4v) is 1.85. The number of rotatable bonds is 3. The van der Waals surface area contributed by atoms with Crippen molar-refractivity contribution < 1.29 is 13.4 Å². The van der Waals surface area contributed by atoms with Gasteiger partial charge >= 0.3 is 0 Å². The van der Waals surface area contributed by atoms with Crippen LogP contribution < -0.4 is 10.2 Å². The van der Waals surface area contributed by atoms with Crippen molar-refractivity contribution in [2.75, 3.05) is 13.4 Å². The summed E-state index contributed by atoms with van der Waals surface area (Å²) in [6, 6.07) is 6.39. The lowest BCUT2D eigenvalue weighted by atomic mass is 10.2. The second-order valence-corrected chi connectivity index (χ2v) is 4.95. The van der Waals surface area contributed by atoms with Gasteiger partial charge in [0, 0.05) is 28.5 Å². The molecule has 0 N–H and O–H groups in total. The molecule has 4 nitrogen and oxygen atoms in total. The first-order chi connectivity index (χ1) is 8.60. The SMILES string of the molecule is COc1ccc2oc(/C=C/S(C)=O)cc(=O)c2c1. The van der Waals surface area contributed by atoms with E-state index in [1.807, 2.05) is 0 Å². The molecular formula is C13H12O4S. The minimum atomic E-state index is -1.07. The Bertz CT molecular complexity index is 685. The lowest BCUT2D eigenvalue weighted by molar-refractivity contribution is 0.415. The van der Waals surface area contributed by atoms with Crippen LogP contribution in [0.2, 0.25) is 0 Å². The van der Waals surface area contributed by atoms with E-state index >= 15 is 0 Å². The van der Waals surface area contributed by atoms with E-state index in [0.29, 0.717) is 22.5 Å². The number of ether oxygens (including phenoxy) is 1. The van der Waals surface area contributed by atoms with Crippen molar-refractivity contribution in [3.8, 4) is 5.75 Å². The van der Waals surface area contributed by atoms with E-state index in [1.165, 1.54) is 24.7 Å². The van der Waals surface area contributed by atoms with Crippen molar-refractivity contribution in [1.82, 2.24) is 0 Å². The minimum absolute atomic E-state index is 0.156. The third kappa shape index (κ3) is 2.68. The maximum absolute atomic E-state index is 11.9. The van der Waals surface area contributed by atoms with Gasteiger partial charge in [-0.25, -0.2) is 0 Å². The Morgan fingerprint density at radius 2 is 2.11 bits per heavy atom. The third-order valence-corrected chi connectivity index (χ3v) is 2.90. The molecule has 1 unspecified atom stereocenters. The zero-order valence-corrected chi connectivity index (χ0v) is 10.8. The summed E-state index contributed by atoms with van der Waals surface area (Å²) in [6.07, 6.45) is 3.07. The second kappa shape index (κ2) is 5.18. The van der Waals surface area contributed by atoms with E-state index in [0.717, 1.165) is 0 Å². The van der Waals surface area contributed by atoms with Gasteiger partial charge in [0.2, 0.25) is 0 Å². The molecule has 94 valence electrons. The molecular weight excluding hydrogens is 252 g/mol. The summed E-state index contributed by atoms with van der Waals surface area (Å²) in [5, 5.41) is 1.93. The molecule has 0 bridgehead atoms. The highest BCUT2D eigenvalue weighted by atomic mass is 32.2. The quantitative estimate of drug-likeness (QED) is 0.852. The van der Waals surface area contributed by atoms with Crippen molar-refractivity contribution in [1.29, 1.82) is 0 Å². The first-order valence-electron chi connectivity index (χ1n) is 5.22. The van der Waals surface area contributed by atoms with Crippen molar-refractivity contribution in [2.24, 2.45) is 0 Å². The Balaban J connectivity index is 2.57. The molecule has 2 rings (SSSR count). The molecule has 0 aliphatic heterocycles. The molecule has 0 radical (unpaired) electrons. The molecule has 1 aromatic heterocycles. The molecule has 2 aromatic rings. The molecule has 0 saturated heterocycles. The van der Waals surface area contributed by atoms with Crippen molar-refractivity contribution in [3.63, 3.8) is 0 Å². The van der Waals surface area contributed by atoms with E-state index in [-0.39, 0.29) is 5.43 Å². The standard InChI is InChI=1S/C13H12O4S/c1-16-9-3-4-13-11(7-9)12(14)8-10(17-13)5-6-18(2)15/h3-8H,1-2H3/b6-5+. The van der Waals surface area contributed by atoms with Crippen LogP contribution in [0.4, 0.5) is 0 Å². The lowest BCUT2D eigenvalue weighted by Crippen LogP contribution is -2.00. The predicted molar refractivity (Wildman–Crippen MR) is 72.1 cm³/mol. The van der Waals surface area contributed by atoms with Crippen LogP contribution in [0.5, 0.6) is 5.75 Å². The van der Waals surface area contributed by atoms with E-state index in [4.69, 9.17) is 9.15 Å². The maximum Gasteiger partial charge on any atom is 0.193 e. The Morgan fingerprint density at radius 1 is 1.33 bits per heavy atom. The maximum atomic E-state index is 11.9. The van der Waals surface area contributed by atoms with Gasteiger partial charge in [-0.2, -0.15) is 0 Å². The highest BCUT2D eigenvalue weighted by Gasteiger charge is 2.04.